The molecule has 120 valence electrons. The van der Waals surface area contributed by atoms with E-state index in [0.717, 1.165) is 40.8 Å². The van der Waals surface area contributed by atoms with Crippen LogP contribution in [0.15, 0.2) is 12.2 Å². The molecule has 0 aliphatic carbocycles. The average molecular weight is 304 g/mol. The van der Waals surface area contributed by atoms with Crippen LogP contribution in [0.1, 0.15) is 42.0 Å². The highest BCUT2D eigenvalue weighted by molar-refractivity contribution is 5.85. The number of hydrogen-bond acceptors (Lipinski definition) is 3. The van der Waals surface area contributed by atoms with Crippen LogP contribution in [0.3, 0.4) is 0 Å². The fraction of sp³-hybridized carbons (Fsp3) is 0.500. The molecule has 2 rings (SSSR count). The van der Waals surface area contributed by atoms with Gasteiger partial charge in [-0.3, -0.25) is 0 Å². The van der Waals surface area contributed by atoms with E-state index in [4.69, 9.17) is 9.84 Å². The van der Waals surface area contributed by atoms with Gasteiger partial charge in [0.25, 0.3) is 0 Å². The first kappa shape index (κ1) is 16.4. The standard InChI is InChI=1S/C18H24O4/c1-9(18(20)21)6-7-14-8-15-12(4)16(19)10(2)11(3)17(15)22-13(14)5/h13-14,19H,1,6-8H2,2-5H3,(H,20,21). The molecule has 4 nitrogen and oxygen atoms in total. The predicted molar refractivity (Wildman–Crippen MR) is 85.6 cm³/mol. The maximum Gasteiger partial charge on any atom is 0.330 e. The van der Waals surface area contributed by atoms with Crippen molar-refractivity contribution in [2.24, 2.45) is 5.92 Å². The molecule has 0 spiro atoms. The number of aliphatic carboxylic acids is 1. The summed E-state index contributed by atoms with van der Waals surface area (Å²) >= 11 is 0. The van der Waals surface area contributed by atoms with Crippen molar-refractivity contribution in [3.05, 3.63) is 34.4 Å². The lowest BCUT2D eigenvalue weighted by Gasteiger charge is -2.34. The molecule has 1 aromatic carbocycles. The van der Waals surface area contributed by atoms with Crippen molar-refractivity contribution in [3.63, 3.8) is 0 Å². The van der Waals surface area contributed by atoms with Gasteiger partial charge in [0.2, 0.25) is 0 Å². The van der Waals surface area contributed by atoms with Crippen LogP contribution in [-0.4, -0.2) is 22.3 Å². The summed E-state index contributed by atoms with van der Waals surface area (Å²) in [5.74, 6) is 0.505. The van der Waals surface area contributed by atoms with Crippen molar-refractivity contribution in [1.82, 2.24) is 0 Å². The van der Waals surface area contributed by atoms with Gasteiger partial charge < -0.3 is 14.9 Å². The summed E-state index contributed by atoms with van der Waals surface area (Å²) in [7, 11) is 0. The summed E-state index contributed by atoms with van der Waals surface area (Å²) in [4.78, 5) is 10.9. The first-order valence-corrected chi connectivity index (χ1v) is 7.63. The molecule has 1 aliphatic rings. The minimum absolute atomic E-state index is 0.0242. The number of fused-ring (bicyclic) bond motifs is 1. The SMILES string of the molecule is C=C(CCC1Cc2c(C)c(O)c(C)c(C)c2OC1C)C(=O)O. The topological polar surface area (TPSA) is 66.8 Å². The minimum Gasteiger partial charge on any atom is -0.507 e. The number of phenolic OH excluding ortho intramolecular Hbond substituents is 1. The first-order valence-electron chi connectivity index (χ1n) is 7.63. The van der Waals surface area contributed by atoms with Gasteiger partial charge in [-0.05, 0) is 63.6 Å². The Kier molecular flexibility index (Phi) is 4.50. The number of aromatic hydroxyl groups is 1. The maximum absolute atomic E-state index is 10.9. The number of rotatable bonds is 4. The number of carbonyl (C=O) groups is 1. The lowest BCUT2D eigenvalue weighted by Crippen LogP contribution is -2.31. The summed E-state index contributed by atoms with van der Waals surface area (Å²) in [5.41, 5.74) is 3.99. The van der Waals surface area contributed by atoms with Gasteiger partial charge >= 0.3 is 5.97 Å². The third-order valence-electron chi connectivity index (χ3n) is 4.89. The van der Waals surface area contributed by atoms with Gasteiger partial charge in [0.1, 0.15) is 11.5 Å². The third-order valence-corrected chi connectivity index (χ3v) is 4.89. The molecule has 0 bridgehead atoms. The number of carboxylic acids is 1. The summed E-state index contributed by atoms with van der Waals surface area (Å²) in [6.45, 7) is 11.4. The summed E-state index contributed by atoms with van der Waals surface area (Å²) in [5, 5.41) is 19.2. The van der Waals surface area contributed by atoms with Gasteiger partial charge in [0, 0.05) is 17.1 Å². The average Bonchev–Trinajstić information content (AvgIpc) is 2.48. The molecule has 1 aliphatic heterocycles. The van der Waals surface area contributed by atoms with Gasteiger partial charge in [-0.15, -0.1) is 0 Å². The van der Waals surface area contributed by atoms with Crippen molar-refractivity contribution < 1.29 is 19.7 Å². The van der Waals surface area contributed by atoms with E-state index in [2.05, 4.69) is 6.58 Å². The van der Waals surface area contributed by atoms with Gasteiger partial charge in [0.15, 0.2) is 0 Å². The molecule has 0 fully saturated rings. The molecule has 0 radical (unpaired) electrons. The highest BCUT2D eigenvalue weighted by Gasteiger charge is 2.31. The number of carboxylic acid groups (broad SMARTS) is 1. The molecular formula is C18H24O4. The van der Waals surface area contributed by atoms with E-state index in [1.807, 2.05) is 27.7 Å². The lowest BCUT2D eigenvalue weighted by atomic mass is 9.83. The molecular weight excluding hydrogens is 280 g/mol. The van der Waals surface area contributed by atoms with Gasteiger partial charge in [-0.2, -0.15) is 0 Å². The van der Waals surface area contributed by atoms with Crippen LogP contribution in [0.2, 0.25) is 0 Å². The molecule has 4 heteroatoms. The van der Waals surface area contributed by atoms with Crippen LogP contribution in [0.4, 0.5) is 0 Å². The van der Waals surface area contributed by atoms with Gasteiger partial charge in [-0.25, -0.2) is 4.79 Å². The van der Waals surface area contributed by atoms with Crippen molar-refractivity contribution in [2.45, 2.75) is 53.1 Å². The summed E-state index contributed by atoms with van der Waals surface area (Å²) in [6, 6.07) is 0. The van der Waals surface area contributed by atoms with Crippen LogP contribution >= 0.6 is 0 Å². The Morgan fingerprint density at radius 1 is 1.27 bits per heavy atom. The highest BCUT2D eigenvalue weighted by Crippen LogP contribution is 2.43. The molecule has 0 amide bonds. The fourth-order valence-electron chi connectivity index (χ4n) is 3.09. The predicted octanol–water partition coefficient (Wildman–Crippen LogP) is 3.68. The number of ether oxygens (including phenoxy) is 1. The monoisotopic (exact) mass is 304 g/mol. The second-order valence-corrected chi connectivity index (χ2v) is 6.27. The molecule has 1 heterocycles. The molecule has 1 aromatic rings. The first-order chi connectivity index (χ1) is 10.2. The quantitative estimate of drug-likeness (QED) is 0.833. The normalized spacial score (nSPS) is 20.2. The van der Waals surface area contributed by atoms with Crippen LogP contribution in [0, 0.1) is 26.7 Å². The van der Waals surface area contributed by atoms with Crippen LogP contribution in [0.25, 0.3) is 0 Å². The number of benzene rings is 1. The van der Waals surface area contributed by atoms with E-state index < -0.39 is 5.97 Å². The Morgan fingerprint density at radius 3 is 2.50 bits per heavy atom. The van der Waals surface area contributed by atoms with E-state index in [-0.39, 0.29) is 17.6 Å². The van der Waals surface area contributed by atoms with Crippen LogP contribution < -0.4 is 4.74 Å². The molecule has 0 saturated carbocycles. The van der Waals surface area contributed by atoms with Crippen molar-refractivity contribution in [3.8, 4) is 11.5 Å². The zero-order valence-electron chi connectivity index (χ0n) is 13.7. The van der Waals surface area contributed by atoms with Crippen LogP contribution in [-0.2, 0) is 11.2 Å². The zero-order chi connectivity index (χ0) is 16.6. The van der Waals surface area contributed by atoms with E-state index in [1.54, 1.807) is 0 Å². The Balaban J connectivity index is 2.26. The Labute approximate surface area is 131 Å². The van der Waals surface area contributed by atoms with E-state index >= 15 is 0 Å². The molecule has 2 N–H and O–H groups in total. The van der Waals surface area contributed by atoms with Gasteiger partial charge in [-0.1, -0.05) is 6.58 Å². The van der Waals surface area contributed by atoms with E-state index in [1.165, 1.54) is 0 Å². The van der Waals surface area contributed by atoms with Crippen molar-refractivity contribution in [2.75, 3.05) is 0 Å². The number of phenols is 1. The minimum atomic E-state index is -0.940. The number of hydrogen-bond donors (Lipinski definition) is 2. The molecule has 22 heavy (non-hydrogen) atoms. The fourth-order valence-corrected chi connectivity index (χ4v) is 3.09. The summed E-state index contributed by atoms with van der Waals surface area (Å²) in [6.07, 6.45) is 2.00. The van der Waals surface area contributed by atoms with Gasteiger partial charge in [0.05, 0.1) is 6.10 Å². The lowest BCUT2D eigenvalue weighted by molar-refractivity contribution is -0.132. The van der Waals surface area contributed by atoms with E-state index in [9.17, 15) is 9.90 Å². The second-order valence-electron chi connectivity index (χ2n) is 6.27. The van der Waals surface area contributed by atoms with Crippen molar-refractivity contribution in [1.29, 1.82) is 0 Å². The Hall–Kier alpha value is -1.97. The summed E-state index contributed by atoms with van der Waals surface area (Å²) < 4.78 is 6.10. The Morgan fingerprint density at radius 2 is 1.91 bits per heavy atom. The maximum atomic E-state index is 10.9. The highest BCUT2D eigenvalue weighted by atomic mass is 16.5. The molecule has 0 saturated heterocycles. The molecule has 2 atom stereocenters. The Bertz CT molecular complexity index is 631. The second kappa shape index (κ2) is 6.03. The molecule has 2 unspecified atom stereocenters. The largest absolute Gasteiger partial charge is 0.507 e. The van der Waals surface area contributed by atoms with Crippen molar-refractivity contribution >= 4 is 5.97 Å². The smallest absolute Gasteiger partial charge is 0.330 e. The van der Waals surface area contributed by atoms with Crippen LogP contribution in [0.5, 0.6) is 11.5 Å². The third kappa shape index (κ3) is 2.82. The van der Waals surface area contributed by atoms with E-state index in [0.29, 0.717) is 12.2 Å². The molecule has 0 aromatic heterocycles. The zero-order valence-corrected chi connectivity index (χ0v) is 13.7.